The van der Waals surface area contributed by atoms with Crippen LogP contribution in [-0.4, -0.2) is 37.6 Å². The highest BCUT2D eigenvalue weighted by atomic mass is 15.1. The molecular formula is C11H18N2. The second kappa shape index (κ2) is 9.13. The van der Waals surface area contributed by atoms with Crippen LogP contribution in [0.2, 0.25) is 0 Å². The van der Waals surface area contributed by atoms with Crippen molar-refractivity contribution in [2.45, 2.75) is 13.3 Å². The number of nitrogens with one attached hydrogen (secondary N) is 1. The molecule has 0 rings (SSSR count). The van der Waals surface area contributed by atoms with E-state index in [2.05, 4.69) is 29.0 Å². The van der Waals surface area contributed by atoms with Gasteiger partial charge in [-0.1, -0.05) is 18.8 Å². The highest BCUT2D eigenvalue weighted by molar-refractivity contribution is 4.89. The maximum atomic E-state index is 5.25. The molecule has 0 saturated carbocycles. The van der Waals surface area contributed by atoms with E-state index in [9.17, 15) is 0 Å². The van der Waals surface area contributed by atoms with Crippen molar-refractivity contribution in [1.82, 2.24) is 10.2 Å². The lowest BCUT2D eigenvalue weighted by molar-refractivity contribution is 0.308. The Morgan fingerprint density at radius 2 is 2.00 bits per heavy atom. The van der Waals surface area contributed by atoms with Gasteiger partial charge in [-0.25, -0.2) is 0 Å². The van der Waals surface area contributed by atoms with E-state index in [0.717, 1.165) is 32.6 Å². The Morgan fingerprint density at radius 3 is 2.54 bits per heavy atom. The zero-order chi connectivity index (χ0) is 9.94. The normalized spacial score (nSPS) is 9.54. The molecule has 0 aromatic carbocycles. The molecule has 0 aromatic heterocycles. The van der Waals surface area contributed by atoms with Gasteiger partial charge in [0.2, 0.25) is 0 Å². The predicted octanol–water partition coefficient (Wildman–Crippen LogP) is 0.554. The van der Waals surface area contributed by atoms with Crippen molar-refractivity contribution in [2.75, 3.05) is 32.7 Å². The molecule has 2 heteroatoms. The average molecular weight is 178 g/mol. The lowest BCUT2D eigenvalue weighted by atomic mass is 10.4. The Morgan fingerprint density at radius 1 is 1.23 bits per heavy atom. The minimum Gasteiger partial charge on any atom is -0.305 e. The summed E-state index contributed by atoms with van der Waals surface area (Å²) in [5.74, 6) is 5.19. The van der Waals surface area contributed by atoms with Crippen LogP contribution < -0.4 is 5.32 Å². The summed E-state index contributed by atoms with van der Waals surface area (Å²) in [7, 11) is 0. The second-order valence-corrected chi connectivity index (χ2v) is 2.86. The molecule has 0 aliphatic carbocycles. The molecule has 0 unspecified atom stereocenters. The molecule has 13 heavy (non-hydrogen) atoms. The van der Waals surface area contributed by atoms with Crippen molar-refractivity contribution >= 4 is 0 Å². The molecule has 0 amide bonds. The van der Waals surface area contributed by atoms with Crippen LogP contribution in [0.15, 0.2) is 0 Å². The fraction of sp³-hybridized carbons (Fsp3) is 0.636. The van der Waals surface area contributed by atoms with Gasteiger partial charge in [-0.2, -0.15) is 0 Å². The third kappa shape index (κ3) is 7.40. The van der Waals surface area contributed by atoms with E-state index in [4.69, 9.17) is 12.8 Å². The molecular weight excluding hydrogens is 160 g/mol. The monoisotopic (exact) mass is 178 g/mol. The largest absolute Gasteiger partial charge is 0.305 e. The minimum absolute atomic E-state index is 0.635. The van der Waals surface area contributed by atoms with Crippen LogP contribution in [0.3, 0.4) is 0 Å². The smallest absolute Gasteiger partial charge is 0.0599 e. The Kier molecular flexibility index (Phi) is 8.46. The second-order valence-electron chi connectivity index (χ2n) is 2.86. The van der Waals surface area contributed by atoms with Crippen LogP contribution in [-0.2, 0) is 0 Å². The molecule has 0 aromatic rings. The lowest BCUT2D eigenvalue weighted by Gasteiger charge is -2.18. The summed E-state index contributed by atoms with van der Waals surface area (Å²) in [6, 6.07) is 0. The molecule has 0 spiro atoms. The summed E-state index contributed by atoms with van der Waals surface area (Å²) in [6.07, 6.45) is 11.5. The molecule has 0 aliphatic rings. The number of rotatable bonds is 7. The lowest BCUT2D eigenvalue weighted by Crippen LogP contribution is -2.33. The van der Waals surface area contributed by atoms with E-state index in [1.165, 1.54) is 0 Å². The van der Waals surface area contributed by atoms with E-state index < -0.39 is 0 Å². The van der Waals surface area contributed by atoms with Gasteiger partial charge < -0.3 is 5.32 Å². The van der Waals surface area contributed by atoms with Crippen LogP contribution in [0, 0.1) is 24.7 Å². The molecule has 0 aliphatic heterocycles. The quantitative estimate of drug-likeness (QED) is 0.452. The highest BCUT2D eigenvalue weighted by Crippen LogP contribution is 1.88. The molecule has 0 bridgehead atoms. The first-order valence-electron chi connectivity index (χ1n) is 4.65. The van der Waals surface area contributed by atoms with E-state index in [0.29, 0.717) is 6.54 Å². The van der Waals surface area contributed by atoms with E-state index in [-0.39, 0.29) is 0 Å². The Hall–Kier alpha value is -0.960. The summed E-state index contributed by atoms with van der Waals surface area (Å²) < 4.78 is 0. The Balaban J connectivity index is 3.46. The van der Waals surface area contributed by atoms with Crippen molar-refractivity contribution in [3.8, 4) is 24.7 Å². The van der Waals surface area contributed by atoms with Gasteiger partial charge in [-0.15, -0.1) is 12.8 Å². The third-order valence-electron chi connectivity index (χ3n) is 1.69. The molecule has 0 atom stereocenters. The van der Waals surface area contributed by atoms with E-state index in [1.54, 1.807) is 0 Å². The SMILES string of the molecule is C#CCNCCN(CC#C)CCC. The molecule has 2 nitrogen and oxygen atoms in total. The number of terminal acetylenes is 2. The van der Waals surface area contributed by atoms with Crippen molar-refractivity contribution in [3.63, 3.8) is 0 Å². The summed E-state index contributed by atoms with van der Waals surface area (Å²) in [5.41, 5.74) is 0. The van der Waals surface area contributed by atoms with E-state index >= 15 is 0 Å². The third-order valence-corrected chi connectivity index (χ3v) is 1.69. The maximum Gasteiger partial charge on any atom is 0.0599 e. The Bertz CT molecular complexity index is 185. The summed E-state index contributed by atoms with van der Waals surface area (Å²) in [6.45, 7) is 6.45. The zero-order valence-corrected chi connectivity index (χ0v) is 8.34. The van der Waals surface area contributed by atoms with Crippen molar-refractivity contribution in [3.05, 3.63) is 0 Å². The molecule has 1 N–H and O–H groups in total. The summed E-state index contributed by atoms with van der Waals surface area (Å²) >= 11 is 0. The fourth-order valence-electron chi connectivity index (χ4n) is 1.11. The standard InChI is InChI=1S/C11H18N2/c1-4-7-12-8-11-13(9-5-2)10-6-3/h1-2,12H,6-11H2,3H3. The van der Waals surface area contributed by atoms with Crippen LogP contribution in [0.5, 0.6) is 0 Å². The number of hydrogen-bond donors (Lipinski definition) is 1. The van der Waals surface area contributed by atoms with Crippen LogP contribution in [0.25, 0.3) is 0 Å². The van der Waals surface area contributed by atoms with Gasteiger partial charge in [0.1, 0.15) is 0 Å². The predicted molar refractivity (Wildman–Crippen MR) is 57.3 cm³/mol. The maximum absolute atomic E-state index is 5.25. The molecule has 0 radical (unpaired) electrons. The highest BCUT2D eigenvalue weighted by Gasteiger charge is 1.99. The van der Waals surface area contributed by atoms with Crippen molar-refractivity contribution < 1.29 is 0 Å². The van der Waals surface area contributed by atoms with Gasteiger partial charge in [0, 0.05) is 13.1 Å². The van der Waals surface area contributed by atoms with Gasteiger partial charge >= 0.3 is 0 Å². The van der Waals surface area contributed by atoms with E-state index in [1.807, 2.05) is 0 Å². The molecule has 0 fully saturated rings. The fourth-order valence-corrected chi connectivity index (χ4v) is 1.11. The minimum atomic E-state index is 0.635. The van der Waals surface area contributed by atoms with Gasteiger partial charge in [0.15, 0.2) is 0 Å². The van der Waals surface area contributed by atoms with Crippen molar-refractivity contribution in [2.24, 2.45) is 0 Å². The van der Waals surface area contributed by atoms with Gasteiger partial charge in [-0.05, 0) is 13.0 Å². The first-order valence-corrected chi connectivity index (χ1v) is 4.65. The Labute approximate surface area is 81.7 Å². The van der Waals surface area contributed by atoms with Crippen LogP contribution >= 0.6 is 0 Å². The van der Waals surface area contributed by atoms with Gasteiger partial charge in [0.25, 0.3) is 0 Å². The van der Waals surface area contributed by atoms with Crippen molar-refractivity contribution in [1.29, 1.82) is 0 Å². The number of hydrogen-bond acceptors (Lipinski definition) is 2. The number of nitrogens with zero attached hydrogens (tertiary/aromatic N) is 1. The first-order chi connectivity index (χ1) is 6.35. The first kappa shape index (κ1) is 12.0. The van der Waals surface area contributed by atoms with Crippen LogP contribution in [0.4, 0.5) is 0 Å². The summed E-state index contributed by atoms with van der Waals surface area (Å²) in [4.78, 5) is 2.24. The van der Waals surface area contributed by atoms with Crippen LogP contribution in [0.1, 0.15) is 13.3 Å². The topological polar surface area (TPSA) is 15.3 Å². The molecule has 0 heterocycles. The molecule has 0 saturated heterocycles. The zero-order valence-electron chi connectivity index (χ0n) is 8.34. The summed E-state index contributed by atoms with van der Waals surface area (Å²) in [5, 5.41) is 3.14. The average Bonchev–Trinajstić information content (AvgIpc) is 2.13. The van der Waals surface area contributed by atoms with Gasteiger partial charge in [0.05, 0.1) is 13.1 Å². The van der Waals surface area contributed by atoms with Gasteiger partial charge in [-0.3, -0.25) is 4.90 Å². The molecule has 72 valence electrons.